The van der Waals surface area contributed by atoms with Gasteiger partial charge in [0.2, 0.25) is 0 Å². The van der Waals surface area contributed by atoms with Crippen LogP contribution in [0.3, 0.4) is 0 Å². The Hall–Kier alpha value is -2.08. The van der Waals surface area contributed by atoms with Crippen molar-refractivity contribution in [3.63, 3.8) is 0 Å². The van der Waals surface area contributed by atoms with E-state index in [2.05, 4.69) is 25.8 Å². The van der Waals surface area contributed by atoms with Crippen molar-refractivity contribution in [2.75, 3.05) is 37.7 Å². The number of anilines is 1. The Balaban J connectivity index is 1.50. The summed E-state index contributed by atoms with van der Waals surface area (Å²) in [6.07, 6.45) is 1.79. The van der Waals surface area contributed by atoms with Gasteiger partial charge in [-0.05, 0) is 40.2 Å². The first-order valence-corrected chi connectivity index (χ1v) is 8.34. The van der Waals surface area contributed by atoms with E-state index in [9.17, 15) is 4.79 Å². The number of carbonyl (C=O) groups is 1. The fourth-order valence-electron chi connectivity index (χ4n) is 2.52. The van der Waals surface area contributed by atoms with Crippen molar-refractivity contribution in [3.05, 3.63) is 53.1 Å². The molecular weight excluding hydrogens is 358 g/mol. The monoisotopic (exact) mass is 375 g/mol. The number of hydrogen-bond donors (Lipinski definition) is 0. The zero-order valence-electron chi connectivity index (χ0n) is 12.7. The first-order valence-electron chi connectivity index (χ1n) is 7.55. The molecule has 1 aliphatic rings. The van der Waals surface area contributed by atoms with Crippen molar-refractivity contribution in [3.8, 4) is 5.75 Å². The molecular formula is C17H18BrN3O2. The minimum atomic E-state index is 0.0152. The molecule has 23 heavy (non-hydrogen) atoms. The van der Waals surface area contributed by atoms with Crippen LogP contribution in [0.1, 0.15) is 0 Å². The Morgan fingerprint density at radius 1 is 1.09 bits per heavy atom. The third-order valence-corrected chi connectivity index (χ3v) is 4.45. The molecule has 3 rings (SSSR count). The second kappa shape index (κ2) is 7.46. The lowest BCUT2D eigenvalue weighted by atomic mass is 10.3. The molecule has 2 aromatic rings. The number of hydrogen-bond acceptors (Lipinski definition) is 4. The van der Waals surface area contributed by atoms with Gasteiger partial charge in [-0.15, -0.1) is 0 Å². The third-order valence-electron chi connectivity index (χ3n) is 3.79. The highest BCUT2D eigenvalue weighted by Gasteiger charge is 2.22. The number of amides is 1. The average molecular weight is 376 g/mol. The minimum Gasteiger partial charge on any atom is -0.483 e. The first kappa shape index (κ1) is 15.8. The summed E-state index contributed by atoms with van der Waals surface area (Å²) in [6.45, 7) is 3.02. The van der Waals surface area contributed by atoms with Gasteiger partial charge in [0.1, 0.15) is 11.6 Å². The van der Waals surface area contributed by atoms with Crippen LogP contribution in [0, 0.1) is 0 Å². The van der Waals surface area contributed by atoms with E-state index in [1.54, 1.807) is 6.20 Å². The summed E-state index contributed by atoms with van der Waals surface area (Å²) in [7, 11) is 0. The number of halogens is 1. The molecule has 0 spiro atoms. The van der Waals surface area contributed by atoms with Crippen LogP contribution >= 0.6 is 15.9 Å². The van der Waals surface area contributed by atoms with Gasteiger partial charge in [-0.2, -0.15) is 0 Å². The molecule has 120 valence electrons. The number of ether oxygens (including phenoxy) is 1. The van der Waals surface area contributed by atoms with E-state index < -0.39 is 0 Å². The van der Waals surface area contributed by atoms with Crippen molar-refractivity contribution >= 4 is 27.7 Å². The lowest BCUT2D eigenvalue weighted by Gasteiger charge is -2.35. The van der Waals surface area contributed by atoms with Crippen molar-refractivity contribution in [1.82, 2.24) is 9.88 Å². The maximum Gasteiger partial charge on any atom is 0.260 e. The van der Waals surface area contributed by atoms with E-state index in [1.165, 1.54) is 0 Å². The maximum absolute atomic E-state index is 12.3. The second-order valence-corrected chi connectivity index (χ2v) is 6.13. The molecule has 2 heterocycles. The molecule has 0 saturated carbocycles. The van der Waals surface area contributed by atoms with Gasteiger partial charge in [0.05, 0.1) is 4.47 Å². The van der Waals surface area contributed by atoms with Gasteiger partial charge in [0.25, 0.3) is 5.91 Å². The summed E-state index contributed by atoms with van der Waals surface area (Å²) < 4.78 is 6.45. The molecule has 1 aromatic carbocycles. The van der Waals surface area contributed by atoms with Gasteiger partial charge >= 0.3 is 0 Å². The summed E-state index contributed by atoms with van der Waals surface area (Å²) in [5.41, 5.74) is 0. The zero-order valence-corrected chi connectivity index (χ0v) is 14.3. The van der Waals surface area contributed by atoms with E-state index in [-0.39, 0.29) is 12.5 Å². The fraction of sp³-hybridized carbons (Fsp3) is 0.294. The lowest BCUT2D eigenvalue weighted by Crippen LogP contribution is -2.50. The van der Waals surface area contributed by atoms with E-state index in [0.717, 1.165) is 23.4 Å². The first-order chi connectivity index (χ1) is 11.2. The van der Waals surface area contributed by atoms with E-state index in [4.69, 9.17) is 4.74 Å². The van der Waals surface area contributed by atoms with Crippen LogP contribution in [0.5, 0.6) is 5.75 Å². The summed E-state index contributed by atoms with van der Waals surface area (Å²) in [4.78, 5) is 20.7. The highest BCUT2D eigenvalue weighted by Crippen LogP contribution is 2.23. The van der Waals surface area contributed by atoms with Gasteiger partial charge in [-0.3, -0.25) is 4.79 Å². The molecule has 1 aliphatic heterocycles. The average Bonchev–Trinajstić information content (AvgIpc) is 2.62. The van der Waals surface area contributed by atoms with Crippen LogP contribution in [-0.4, -0.2) is 48.6 Å². The number of piperazine rings is 1. The number of pyridine rings is 1. The molecule has 1 saturated heterocycles. The number of aromatic nitrogens is 1. The molecule has 1 amide bonds. The normalized spacial score (nSPS) is 14.7. The van der Waals surface area contributed by atoms with Crippen LogP contribution < -0.4 is 9.64 Å². The number of benzene rings is 1. The van der Waals surface area contributed by atoms with Gasteiger partial charge in [-0.1, -0.05) is 18.2 Å². The Bertz CT molecular complexity index is 658. The van der Waals surface area contributed by atoms with E-state index >= 15 is 0 Å². The quantitative estimate of drug-likeness (QED) is 0.823. The van der Waals surface area contributed by atoms with Gasteiger partial charge in [0.15, 0.2) is 6.61 Å². The van der Waals surface area contributed by atoms with Gasteiger partial charge in [-0.25, -0.2) is 4.98 Å². The molecule has 0 radical (unpaired) electrons. The molecule has 6 heteroatoms. The van der Waals surface area contributed by atoms with Crippen LogP contribution in [0.25, 0.3) is 0 Å². The Morgan fingerprint density at radius 2 is 1.83 bits per heavy atom. The molecule has 1 aromatic heterocycles. The highest BCUT2D eigenvalue weighted by molar-refractivity contribution is 9.10. The lowest BCUT2D eigenvalue weighted by molar-refractivity contribution is -0.133. The standard InChI is InChI=1S/C17H18BrN3O2/c18-14-5-1-2-6-15(14)23-13-17(22)21-11-9-20(10-12-21)16-7-3-4-8-19-16/h1-8H,9-13H2. The molecule has 0 atom stereocenters. The SMILES string of the molecule is O=C(COc1ccccc1Br)N1CCN(c2ccccn2)CC1. The van der Waals surface area contributed by atoms with Crippen LogP contribution in [0.2, 0.25) is 0 Å². The number of nitrogens with zero attached hydrogens (tertiary/aromatic N) is 3. The predicted molar refractivity (Wildman–Crippen MR) is 92.7 cm³/mol. The van der Waals surface area contributed by atoms with E-state index in [1.807, 2.05) is 47.4 Å². The summed E-state index contributed by atoms with van der Waals surface area (Å²) >= 11 is 3.41. The molecule has 5 nitrogen and oxygen atoms in total. The van der Waals surface area contributed by atoms with Crippen LogP contribution in [0.15, 0.2) is 53.1 Å². The van der Waals surface area contributed by atoms with Gasteiger partial charge in [0, 0.05) is 32.4 Å². The highest BCUT2D eigenvalue weighted by atomic mass is 79.9. The summed E-state index contributed by atoms with van der Waals surface area (Å²) in [6, 6.07) is 13.4. The Morgan fingerprint density at radius 3 is 2.52 bits per heavy atom. The van der Waals surface area contributed by atoms with Crippen LogP contribution in [-0.2, 0) is 4.79 Å². The fourth-order valence-corrected chi connectivity index (χ4v) is 2.92. The van der Waals surface area contributed by atoms with Crippen molar-refractivity contribution in [2.24, 2.45) is 0 Å². The number of para-hydroxylation sites is 1. The topological polar surface area (TPSA) is 45.7 Å². The molecule has 0 unspecified atom stereocenters. The number of carbonyl (C=O) groups excluding carboxylic acids is 1. The molecule has 0 N–H and O–H groups in total. The Kier molecular flexibility index (Phi) is 5.12. The third kappa shape index (κ3) is 4.01. The van der Waals surface area contributed by atoms with E-state index in [0.29, 0.717) is 18.8 Å². The summed E-state index contributed by atoms with van der Waals surface area (Å²) in [5.74, 6) is 1.67. The van der Waals surface area contributed by atoms with Gasteiger partial charge < -0.3 is 14.5 Å². The minimum absolute atomic E-state index is 0.0152. The second-order valence-electron chi connectivity index (χ2n) is 5.27. The van der Waals surface area contributed by atoms with Crippen molar-refractivity contribution in [1.29, 1.82) is 0 Å². The molecule has 1 fully saturated rings. The predicted octanol–water partition coefficient (Wildman–Crippen LogP) is 2.57. The van der Waals surface area contributed by atoms with Crippen LogP contribution in [0.4, 0.5) is 5.82 Å². The smallest absolute Gasteiger partial charge is 0.260 e. The Labute approximate surface area is 144 Å². The number of rotatable bonds is 4. The molecule has 0 bridgehead atoms. The zero-order chi connectivity index (χ0) is 16.1. The van der Waals surface area contributed by atoms with Crippen molar-refractivity contribution < 1.29 is 9.53 Å². The summed E-state index contributed by atoms with van der Waals surface area (Å²) in [5, 5.41) is 0. The molecule has 0 aliphatic carbocycles. The maximum atomic E-state index is 12.3. The largest absolute Gasteiger partial charge is 0.483 e. The van der Waals surface area contributed by atoms with Crippen molar-refractivity contribution in [2.45, 2.75) is 0 Å².